The van der Waals surface area contributed by atoms with Gasteiger partial charge < -0.3 is 9.64 Å². The first-order valence-corrected chi connectivity index (χ1v) is 15.7. The number of carbonyl (C=O) groups is 1. The second kappa shape index (κ2) is 11.6. The molecule has 45 heavy (non-hydrogen) atoms. The smallest absolute Gasteiger partial charge is 0.271 e. The lowest BCUT2D eigenvalue weighted by Gasteiger charge is -2.46. The maximum Gasteiger partial charge on any atom is 0.271 e. The summed E-state index contributed by atoms with van der Waals surface area (Å²) in [4.78, 5) is 33.8. The van der Waals surface area contributed by atoms with E-state index in [-0.39, 0.29) is 17.9 Å². The van der Waals surface area contributed by atoms with Crippen LogP contribution in [0.4, 0.5) is 17.1 Å². The van der Waals surface area contributed by atoms with Crippen molar-refractivity contribution in [3.05, 3.63) is 118 Å². The number of pyridine rings is 1. The number of non-ortho nitro benzene ring substituents is 1. The Bertz CT molecular complexity index is 1940. The first kappa shape index (κ1) is 29.7. The minimum atomic E-state index is -4.66. The highest BCUT2D eigenvalue weighted by Gasteiger charge is 2.60. The number of benzene rings is 3. The minimum Gasteiger partial charge on any atom is -0.493 e. The highest BCUT2D eigenvalue weighted by molar-refractivity contribution is 7.93. The Hall–Kier alpha value is -5.32. The van der Waals surface area contributed by atoms with Crippen LogP contribution in [0.15, 0.2) is 96.2 Å². The fourth-order valence-electron chi connectivity index (χ4n) is 6.18. The van der Waals surface area contributed by atoms with Crippen LogP contribution in [0, 0.1) is 21.4 Å². The molecule has 1 aromatic heterocycles. The number of rotatable bonds is 8. The van der Waals surface area contributed by atoms with Gasteiger partial charge in [0.15, 0.2) is 5.54 Å². The van der Waals surface area contributed by atoms with Gasteiger partial charge in [-0.2, -0.15) is 5.26 Å². The summed E-state index contributed by atoms with van der Waals surface area (Å²) in [6, 6.07) is 22.0. The van der Waals surface area contributed by atoms with Gasteiger partial charge in [0.2, 0.25) is 0 Å². The average Bonchev–Trinajstić information content (AvgIpc) is 3.34. The highest BCUT2D eigenvalue weighted by atomic mass is 32.2. The van der Waals surface area contributed by atoms with Crippen LogP contribution < -0.4 is 13.9 Å². The molecular weight excluding hydrogens is 596 g/mol. The van der Waals surface area contributed by atoms with Crippen LogP contribution in [-0.4, -0.2) is 61.9 Å². The molecule has 13 heteroatoms. The average molecular weight is 625 g/mol. The van der Waals surface area contributed by atoms with Crippen molar-refractivity contribution in [3.63, 3.8) is 0 Å². The molecule has 1 unspecified atom stereocenters. The van der Waals surface area contributed by atoms with Crippen LogP contribution in [0.5, 0.6) is 5.75 Å². The number of fused-ring (bicyclic) bond motifs is 1. The van der Waals surface area contributed by atoms with Crippen molar-refractivity contribution in [2.45, 2.75) is 17.4 Å². The number of nitriles is 1. The normalized spacial score (nSPS) is 18.4. The number of nitro benzene ring substituents is 1. The Morgan fingerprint density at radius 1 is 0.978 bits per heavy atom. The van der Waals surface area contributed by atoms with E-state index in [4.69, 9.17) is 4.74 Å². The van der Waals surface area contributed by atoms with Gasteiger partial charge in [0, 0.05) is 67.5 Å². The van der Waals surface area contributed by atoms with Gasteiger partial charge in [0.25, 0.3) is 21.6 Å². The van der Waals surface area contributed by atoms with Crippen molar-refractivity contribution in [1.29, 1.82) is 5.26 Å². The van der Waals surface area contributed by atoms with E-state index in [1.807, 2.05) is 24.0 Å². The van der Waals surface area contributed by atoms with Gasteiger partial charge in [-0.25, -0.2) is 12.7 Å². The van der Waals surface area contributed by atoms with E-state index in [2.05, 4.69) is 16.0 Å². The summed E-state index contributed by atoms with van der Waals surface area (Å²) in [5.41, 5.74) is -0.117. The van der Waals surface area contributed by atoms with Crippen molar-refractivity contribution in [3.8, 4) is 11.8 Å². The Labute approximate surface area is 259 Å². The molecule has 0 bridgehead atoms. The Balaban J connectivity index is 1.57. The molecule has 2 aliphatic rings. The molecule has 3 aromatic carbocycles. The number of sulfonamides is 1. The Morgan fingerprint density at radius 2 is 1.71 bits per heavy atom. The molecule has 0 spiro atoms. The van der Waals surface area contributed by atoms with Crippen molar-refractivity contribution < 1.29 is 22.9 Å². The predicted octanol–water partition coefficient (Wildman–Crippen LogP) is 4.06. The predicted molar refractivity (Wildman–Crippen MR) is 165 cm³/mol. The van der Waals surface area contributed by atoms with Crippen LogP contribution in [0.1, 0.15) is 23.6 Å². The summed E-state index contributed by atoms with van der Waals surface area (Å²) in [5.74, 6) is -0.392. The molecule has 0 radical (unpaired) electrons. The summed E-state index contributed by atoms with van der Waals surface area (Å²) >= 11 is 0. The SMILES string of the molecule is CCOc1ccccc1C1(N2CCN(c3ccncc3)CC2)C(=O)N(S(=O)(=O)c2cccc([N+](=O)[O-])c2)c2ccc(C#N)cc21. The van der Waals surface area contributed by atoms with Crippen molar-refractivity contribution in [2.24, 2.45) is 0 Å². The molecular formula is C32H28N6O6S. The van der Waals surface area contributed by atoms with E-state index in [0.717, 1.165) is 16.1 Å². The van der Waals surface area contributed by atoms with E-state index >= 15 is 4.79 Å². The number of aromatic nitrogens is 1. The van der Waals surface area contributed by atoms with E-state index in [0.29, 0.717) is 43.1 Å². The van der Waals surface area contributed by atoms with E-state index in [1.54, 1.807) is 42.7 Å². The molecule has 4 aromatic rings. The summed E-state index contributed by atoms with van der Waals surface area (Å²) in [6.07, 6.45) is 3.41. The van der Waals surface area contributed by atoms with Crippen molar-refractivity contribution >= 4 is 33.0 Å². The third-order valence-electron chi connectivity index (χ3n) is 8.15. The van der Waals surface area contributed by atoms with Crippen LogP contribution in [-0.2, 0) is 20.4 Å². The second-order valence-corrected chi connectivity index (χ2v) is 12.3. The number of piperazine rings is 1. The number of hydrogen-bond donors (Lipinski definition) is 0. The van der Waals surface area contributed by atoms with Gasteiger partial charge in [-0.3, -0.25) is 24.8 Å². The van der Waals surface area contributed by atoms with Gasteiger partial charge in [-0.1, -0.05) is 24.3 Å². The van der Waals surface area contributed by atoms with E-state index < -0.39 is 37.0 Å². The molecule has 6 rings (SSSR count). The summed E-state index contributed by atoms with van der Waals surface area (Å²) in [7, 11) is -4.66. The molecule has 0 saturated carbocycles. The maximum absolute atomic E-state index is 15.1. The molecule has 2 aliphatic heterocycles. The molecule has 228 valence electrons. The number of nitro groups is 1. The third kappa shape index (κ3) is 4.84. The first-order chi connectivity index (χ1) is 21.7. The fraction of sp³-hybridized carbons (Fsp3) is 0.219. The lowest BCUT2D eigenvalue weighted by molar-refractivity contribution is -0.385. The van der Waals surface area contributed by atoms with Crippen LogP contribution in [0.3, 0.4) is 0 Å². The lowest BCUT2D eigenvalue weighted by atomic mass is 9.80. The van der Waals surface area contributed by atoms with Gasteiger partial charge in [0.05, 0.1) is 33.7 Å². The molecule has 1 amide bonds. The zero-order valence-electron chi connectivity index (χ0n) is 24.2. The zero-order valence-corrected chi connectivity index (χ0v) is 25.1. The monoisotopic (exact) mass is 624 g/mol. The Kier molecular flexibility index (Phi) is 7.69. The van der Waals surface area contributed by atoms with E-state index in [9.17, 15) is 23.8 Å². The summed E-state index contributed by atoms with van der Waals surface area (Å²) < 4.78 is 35.4. The standard InChI is InChI=1S/C32H28N6O6S/c1-2-44-30-9-4-3-8-27(30)32(36-18-16-35(17-19-36)24-12-14-34-15-13-24)28-20-23(22-33)10-11-29(28)37(31(32)39)45(42,43)26-7-5-6-25(21-26)38(40)41/h3-15,20-21H,2,16-19H2,1H3. The minimum absolute atomic E-state index is 0.0633. The first-order valence-electron chi connectivity index (χ1n) is 14.2. The fourth-order valence-corrected chi connectivity index (χ4v) is 7.68. The number of anilines is 2. The topological polar surface area (TPSA) is 150 Å². The van der Waals surface area contributed by atoms with Crippen LogP contribution in [0.2, 0.25) is 0 Å². The number of nitrogens with zero attached hydrogens (tertiary/aromatic N) is 6. The molecule has 1 saturated heterocycles. The molecule has 0 aliphatic carbocycles. The number of carbonyl (C=O) groups excluding carboxylic acids is 1. The van der Waals surface area contributed by atoms with Gasteiger partial charge >= 0.3 is 0 Å². The quantitative estimate of drug-likeness (QED) is 0.207. The Morgan fingerprint density at radius 3 is 2.40 bits per heavy atom. The number of ether oxygens (including phenoxy) is 1. The highest BCUT2D eigenvalue weighted by Crippen LogP contribution is 2.53. The van der Waals surface area contributed by atoms with Crippen LogP contribution in [0.25, 0.3) is 0 Å². The lowest BCUT2D eigenvalue weighted by Crippen LogP contribution is -2.60. The number of amides is 1. The summed E-state index contributed by atoms with van der Waals surface area (Å²) in [6.45, 7) is 3.85. The van der Waals surface area contributed by atoms with Crippen LogP contribution >= 0.6 is 0 Å². The largest absolute Gasteiger partial charge is 0.493 e. The van der Waals surface area contributed by atoms with E-state index in [1.165, 1.54) is 30.3 Å². The third-order valence-corrected chi connectivity index (χ3v) is 9.85. The van der Waals surface area contributed by atoms with Gasteiger partial charge in [-0.15, -0.1) is 0 Å². The molecule has 0 N–H and O–H groups in total. The molecule has 1 atom stereocenters. The van der Waals surface area contributed by atoms with Gasteiger partial charge in [-0.05, 0) is 49.4 Å². The molecule has 12 nitrogen and oxygen atoms in total. The van der Waals surface area contributed by atoms with Gasteiger partial charge in [0.1, 0.15) is 5.75 Å². The molecule has 3 heterocycles. The molecule has 1 fully saturated rings. The number of para-hydroxylation sites is 1. The van der Waals surface area contributed by atoms with Crippen molar-refractivity contribution in [1.82, 2.24) is 9.88 Å². The van der Waals surface area contributed by atoms with Crippen molar-refractivity contribution in [2.75, 3.05) is 42.0 Å². The second-order valence-electron chi connectivity index (χ2n) is 10.5. The summed E-state index contributed by atoms with van der Waals surface area (Å²) in [5, 5.41) is 21.4. The number of hydrogen-bond acceptors (Lipinski definition) is 10. The zero-order chi connectivity index (χ0) is 31.8. The maximum atomic E-state index is 15.1.